The van der Waals surface area contributed by atoms with Crippen molar-refractivity contribution in [2.45, 2.75) is 77.2 Å². The molecule has 7 heteroatoms. The molecule has 0 unspecified atom stereocenters. The number of hydrogen-bond donors (Lipinski definition) is 1. The van der Waals surface area contributed by atoms with Crippen molar-refractivity contribution in [3.8, 4) is 0 Å². The number of carbonyl (C=O) groups excluding carboxylic acids is 3. The lowest BCUT2D eigenvalue weighted by Gasteiger charge is -2.62. The van der Waals surface area contributed by atoms with Crippen LogP contribution in [0.4, 0.5) is 4.39 Å². The molecule has 3 fully saturated rings. The van der Waals surface area contributed by atoms with E-state index in [9.17, 15) is 19.5 Å². The van der Waals surface area contributed by atoms with E-state index in [0.29, 0.717) is 19.3 Å². The fraction of sp³-hybridized carbons (Fsp3) is 0.720. The number of hydrogen-bond acceptors (Lipinski definition) is 5. The van der Waals surface area contributed by atoms with E-state index in [0.717, 1.165) is 5.57 Å². The number of allylic oxidation sites excluding steroid dienone is 4. The summed E-state index contributed by atoms with van der Waals surface area (Å²) < 4.78 is 23.2. The molecule has 3 saturated carbocycles. The molecule has 0 aromatic heterocycles. The van der Waals surface area contributed by atoms with E-state index in [1.165, 1.54) is 12.2 Å². The third kappa shape index (κ3) is 2.73. The molecule has 32 heavy (non-hydrogen) atoms. The van der Waals surface area contributed by atoms with Gasteiger partial charge in [-0.3, -0.25) is 14.4 Å². The number of Topliss-reactive ketones (excluding diaryl/α,β-unsaturated/α-hetero) is 1. The van der Waals surface area contributed by atoms with Crippen LogP contribution in [0.25, 0.3) is 0 Å². The quantitative estimate of drug-likeness (QED) is 0.451. The Morgan fingerprint density at radius 2 is 2.00 bits per heavy atom. The zero-order chi connectivity index (χ0) is 23.7. The van der Waals surface area contributed by atoms with Gasteiger partial charge in [0.15, 0.2) is 22.8 Å². The number of halogens is 2. The molecule has 0 radical (unpaired) electrons. The summed E-state index contributed by atoms with van der Waals surface area (Å²) in [6.07, 6.45) is 4.87. The second-order valence-corrected chi connectivity index (χ2v) is 11.1. The number of esters is 1. The van der Waals surface area contributed by atoms with Gasteiger partial charge in [0, 0.05) is 29.1 Å². The number of ether oxygens (including phenoxy) is 1. The van der Waals surface area contributed by atoms with Crippen LogP contribution in [0, 0.1) is 28.6 Å². The van der Waals surface area contributed by atoms with E-state index >= 15 is 4.39 Å². The fourth-order valence-corrected chi connectivity index (χ4v) is 8.17. The van der Waals surface area contributed by atoms with Gasteiger partial charge in [-0.25, -0.2) is 4.39 Å². The Labute approximate surface area is 197 Å². The lowest BCUT2D eigenvalue weighted by molar-refractivity contribution is -0.226. The van der Waals surface area contributed by atoms with E-state index in [2.05, 4.69) is 15.9 Å². The molecule has 0 saturated heterocycles. The normalized spacial score (nSPS) is 47.2. The lowest BCUT2D eigenvalue weighted by atomic mass is 9.44. The van der Waals surface area contributed by atoms with Gasteiger partial charge in [-0.15, -0.1) is 0 Å². The Morgan fingerprint density at radius 1 is 1.31 bits per heavy atom. The molecule has 0 aromatic carbocycles. The molecule has 176 valence electrons. The van der Waals surface area contributed by atoms with Crippen LogP contribution in [0.3, 0.4) is 0 Å². The zero-order valence-corrected chi connectivity index (χ0v) is 20.7. The van der Waals surface area contributed by atoms with E-state index in [1.54, 1.807) is 19.9 Å². The summed E-state index contributed by atoms with van der Waals surface area (Å²) in [6, 6.07) is 0. The lowest BCUT2D eigenvalue weighted by Crippen LogP contribution is -2.70. The van der Waals surface area contributed by atoms with Crippen molar-refractivity contribution >= 4 is 33.5 Å². The third-order valence-corrected chi connectivity index (χ3v) is 9.79. The fourth-order valence-electron chi connectivity index (χ4n) is 7.75. The highest BCUT2D eigenvalue weighted by Crippen LogP contribution is 2.71. The average Bonchev–Trinajstić information content (AvgIpc) is 2.96. The van der Waals surface area contributed by atoms with Gasteiger partial charge < -0.3 is 9.84 Å². The number of ketones is 2. The summed E-state index contributed by atoms with van der Waals surface area (Å²) in [5.41, 5.74) is -4.64. The van der Waals surface area contributed by atoms with Gasteiger partial charge in [0.05, 0.1) is 11.4 Å². The first-order valence-electron chi connectivity index (χ1n) is 11.5. The summed E-state index contributed by atoms with van der Waals surface area (Å²) in [4.78, 5) is 37.8. The van der Waals surface area contributed by atoms with Gasteiger partial charge in [-0.1, -0.05) is 48.4 Å². The Balaban J connectivity index is 1.85. The smallest absolute Gasteiger partial charge is 0.306 e. The minimum atomic E-state index is -1.97. The van der Waals surface area contributed by atoms with Gasteiger partial charge in [-0.05, 0) is 50.7 Å². The van der Waals surface area contributed by atoms with E-state index < -0.39 is 40.1 Å². The summed E-state index contributed by atoms with van der Waals surface area (Å²) in [5.74, 6) is -1.93. The van der Waals surface area contributed by atoms with E-state index in [4.69, 9.17) is 4.74 Å². The number of rotatable bonds is 4. The van der Waals surface area contributed by atoms with Crippen molar-refractivity contribution in [3.05, 3.63) is 23.8 Å². The van der Waals surface area contributed by atoms with Crippen molar-refractivity contribution in [1.82, 2.24) is 0 Å². The summed E-state index contributed by atoms with van der Waals surface area (Å²) >= 11 is 3.27. The van der Waals surface area contributed by atoms with Crippen molar-refractivity contribution < 1.29 is 28.6 Å². The molecule has 4 aliphatic rings. The van der Waals surface area contributed by atoms with Crippen LogP contribution in [0.1, 0.15) is 59.8 Å². The molecule has 0 amide bonds. The maximum Gasteiger partial charge on any atom is 0.306 e. The highest BCUT2D eigenvalue weighted by molar-refractivity contribution is 9.09. The number of carbonyl (C=O) groups is 3. The molecule has 5 nitrogen and oxygen atoms in total. The predicted octanol–water partition coefficient (Wildman–Crippen LogP) is 4.26. The number of fused-ring (bicyclic) bond motifs is 5. The zero-order valence-electron chi connectivity index (χ0n) is 19.1. The highest BCUT2D eigenvalue weighted by Gasteiger charge is 2.77. The maximum absolute atomic E-state index is 17.2. The van der Waals surface area contributed by atoms with Crippen molar-refractivity contribution in [2.24, 2.45) is 28.6 Å². The Morgan fingerprint density at radius 3 is 2.62 bits per heavy atom. The first kappa shape index (κ1) is 23.8. The second kappa shape index (κ2) is 7.59. The molecular weight excluding hydrogens is 479 g/mol. The summed E-state index contributed by atoms with van der Waals surface area (Å²) in [7, 11) is 0. The van der Waals surface area contributed by atoms with Gasteiger partial charge >= 0.3 is 5.97 Å². The summed E-state index contributed by atoms with van der Waals surface area (Å²) in [6.45, 7) is 7.24. The minimum absolute atomic E-state index is 0.00932. The monoisotopic (exact) mass is 510 g/mol. The van der Waals surface area contributed by atoms with Crippen LogP contribution in [-0.2, 0) is 19.1 Å². The van der Waals surface area contributed by atoms with Crippen LogP contribution >= 0.6 is 15.9 Å². The first-order valence-corrected chi connectivity index (χ1v) is 12.7. The van der Waals surface area contributed by atoms with Gasteiger partial charge in [0.2, 0.25) is 0 Å². The molecule has 4 rings (SSSR count). The number of aliphatic hydroxyl groups is 1. The number of alkyl halides is 2. The summed E-state index contributed by atoms with van der Waals surface area (Å²) in [5, 5.41) is 11.4. The van der Waals surface area contributed by atoms with Crippen molar-refractivity contribution in [1.29, 1.82) is 0 Å². The second-order valence-electron chi connectivity index (χ2n) is 10.5. The van der Waals surface area contributed by atoms with Crippen molar-refractivity contribution in [3.63, 3.8) is 0 Å². The number of aliphatic hydroxyl groups excluding tert-OH is 1. The van der Waals surface area contributed by atoms with Crippen LogP contribution in [-0.4, -0.2) is 45.3 Å². The molecule has 0 bridgehead atoms. The maximum atomic E-state index is 17.2. The van der Waals surface area contributed by atoms with E-state index in [-0.39, 0.29) is 41.6 Å². The molecule has 0 aliphatic heterocycles. The van der Waals surface area contributed by atoms with Gasteiger partial charge in [0.25, 0.3) is 0 Å². The molecule has 0 heterocycles. The molecule has 4 aliphatic carbocycles. The highest BCUT2D eigenvalue weighted by atomic mass is 79.9. The van der Waals surface area contributed by atoms with Crippen molar-refractivity contribution in [2.75, 3.05) is 5.33 Å². The van der Waals surface area contributed by atoms with Gasteiger partial charge in [0.1, 0.15) is 0 Å². The van der Waals surface area contributed by atoms with Crippen LogP contribution < -0.4 is 0 Å². The predicted molar refractivity (Wildman–Crippen MR) is 121 cm³/mol. The third-order valence-electron chi connectivity index (χ3n) is 9.28. The van der Waals surface area contributed by atoms with Gasteiger partial charge in [-0.2, -0.15) is 0 Å². The average molecular weight is 511 g/mol. The Bertz CT molecular complexity index is 929. The first-order chi connectivity index (χ1) is 14.9. The minimum Gasteiger partial charge on any atom is -0.450 e. The van der Waals surface area contributed by atoms with Crippen LogP contribution in [0.5, 0.6) is 0 Å². The largest absolute Gasteiger partial charge is 0.450 e. The SMILES string of the molecule is CCC(=O)O[C@]1(C(=O)CBr)[C@H](C)C[C@H]2[C@@H]3CCC4=CC(=O)C=C[C@]4(C)[C@@]3(F)[C@@H](O)C[C@@]21C. The van der Waals surface area contributed by atoms with E-state index in [1.807, 2.05) is 13.8 Å². The Kier molecular flexibility index (Phi) is 5.65. The standard InChI is InChI=1S/C25H32BrFO5/c1-5-21(31)32-25(20(30)13-26)14(2)10-18-17-7-6-15-11-16(28)8-9-22(15,3)24(17,27)19(29)12-23(18,25)4/h8-9,11,14,17-19,29H,5-7,10,12-13H2,1-4H3/t14-,17+,18+,19+,22+,23+,24+,25+/m1/s1. The molecule has 0 spiro atoms. The van der Waals surface area contributed by atoms with Crippen LogP contribution in [0.2, 0.25) is 0 Å². The molecule has 0 aromatic rings. The molecule has 8 atom stereocenters. The molecule has 1 N–H and O–H groups in total. The topological polar surface area (TPSA) is 80.7 Å². The van der Waals surface area contributed by atoms with Crippen LogP contribution in [0.15, 0.2) is 23.8 Å². The Hall–Kier alpha value is -1.34. The molecular formula is C25H32BrFO5.